The molecule has 0 fully saturated rings. The van der Waals surface area contributed by atoms with Gasteiger partial charge in [-0.2, -0.15) is 0 Å². The third kappa shape index (κ3) is 4.04. The van der Waals surface area contributed by atoms with Crippen LogP contribution in [0.4, 0.5) is 0 Å². The molecule has 0 spiro atoms. The van der Waals surface area contributed by atoms with E-state index in [1.807, 2.05) is 6.92 Å². The van der Waals surface area contributed by atoms with Crippen molar-refractivity contribution in [1.82, 2.24) is 10.0 Å². The summed E-state index contributed by atoms with van der Waals surface area (Å²) in [5.41, 5.74) is 1.13. The highest BCUT2D eigenvalue weighted by Gasteiger charge is 2.18. The Morgan fingerprint density at radius 3 is 2.47 bits per heavy atom. The number of nitrogens with one attached hydrogen (secondary N) is 2. The number of aryl methyl sites for hydroxylation is 1. The molecule has 2 N–H and O–H groups in total. The Hall–Kier alpha value is -1.40. The summed E-state index contributed by atoms with van der Waals surface area (Å²) in [5.74, 6) is -0.262. The van der Waals surface area contributed by atoms with Crippen molar-refractivity contribution in [2.75, 3.05) is 6.54 Å². The largest absolute Gasteiger partial charge is 0.352 e. The first-order valence-electron chi connectivity index (χ1n) is 6.19. The van der Waals surface area contributed by atoms with E-state index in [1.165, 1.54) is 12.1 Å². The number of hydrogen-bond donors (Lipinski definition) is 2. The SMILES string of the molecule is CCNC(=O)c1cc(S(=O)(=O)NC(C)C)ccc1C. The molecule has 5 nitrogen and oxygen atoms in total. The Morgan fingerprint density at radius 1 is 1.32 bits per heavy atom. The first kappa shape index (κ1) is 15.7. The van der Waals surface area contributed by atoms with Crippen LogP contribution in [0.25, 0.3) is 0 Å². The van der Waals surface area contributed by atoms with Gasteiger partial charge in [-0.05, 0) is 45.4 Å². The van der Waals surface area contributed by atoms with Gasteiger partial charge in [-0.15, -0.1) is 0 Å². The fraction of sp³-hybridized carbons (Fsp3) is 0.462. The first-order chi connectivity index (χ1) is 8.77. The average molecular weight is 284 g/mol. The van der Waals surface area contributed by atoms with Crippen molar-refractivity contribution >= 4 is 15.9 Å². The minimum absolute atomic E-state index is 0.105. The monoisotopic (exact) mass is 284 g/mol. The molecular formula is C13H20N2O3S. The van der Waals surface area contributed by atoms with Crippen molar-refractivity contribution in [3.63, 3.8) is 0 Å². The van der Waals surface area contributed by atoms with Gasteiger partial charge in [0.05, 0.1) is 4.90 Å². The van der Waals surface area contributed by atoms with Crippen molar-refractivity contribution < 1.29 is 13.2 Å². The normalized spacial score (nSPS) is 11.6. The standard InChI is InChI=1S/C13H20N2O3S/c1-5-14-13(16)12-8-11(7-6-10(12)4)19(17,18)15-9(2)3/h6-9,15H,5H2,1-4H3,(H,14,16). The molecular weight excluding hydrogens is 264 g/mol. The number of rotatable bonds is 5. The fourth-order valence-electron chi connectivity index (χ4n) is 1.65. The van der Waals surface area contributed by atoms with Gasteiger partial charge in [-0.3, -0.25) is 4.79 Å². The molecule has 19 heavy (non-hydrogen) atoms. The molecule has 1 amide bonds. The molecule has 0 aliphatic heterocycles. The van der Waals surface area contributed by atoms with Gasteiger partial charge in [-0.25, -0.2) is 13.1 Å². The molecule has 106 valence electrons. The van der Waals surface area contributed by atoms with Crippen LogP contribution in [0, 0.1) is 6.92 Å². The van der Waals surface area contributed by atoms with E-state index in [4.69, 9.17) is 0 Å². The summed E-state index contributed by atoms with van der Waals surface area (Å²) in [6, 6.07) is 4.35. The van der Waals surface area contributed by atoms with E-state index in [9.17, 15) is 13.2 Å². The quantitative estimate of drug-likeness (QED) is 0.859. The second-order valence-corrected chi connectivity index (χ2v) is 6.33. The Labute approximate surface area is 114 Å². The number of benzene rings is 1. The third-order valence-corrected chi connectivity index (χ3v) is 4.15. The Balaban J connectivity index is 3.19. The van der Waals surface area contributed by atoms with E-state index in [0.717, 1.165) is 5.56 Å². The molecule has 0 saturated heterocycles. The second kappa shape index (κ2) is 6.16. The molecule has 1 aromatic rings. The molecule has 0 atom stereocenters. The molecule has 0 aliphatic rings. The maximum Gasteiger partial charge on any atom is 0.251 e. The van der Waals surface area contributed by atoms with E-state index in [0.29, 0.717) is 12.1 Å². The van der Waals surface area contributed by atoms with Crippen molar-refractivity contribution in [3.8, 4) is 0 Å². The van der Waals surface area contributed by atoms with Crippen LogP contribution in [-0.2, 0) is 10.0 Å². The molecule has 0 saturated carbocycles. The number of amides is 1. The van der Waals surface area contributed by atoms with E-state index in [2.05, 4.69) is 10.0 Å². The lowest BCUT2D eigenvalue weighted by Gasteiger charge is -2.12. The van der Waals surface area contributed by atoms with E-state index in [-0.39, 0.29) is 16.8 Å². The van der Waals surface area contributed by atoms with Crippen molar-refractivity contribution in [3.05, 3.63) is 29.3 Å². The van der Waals surface area contributed by atoms with E-state index < -0.39 is 10.0 Å². The zero-order chi connectivity index (χ0) is 14.6. The lowest BCUT2D eigenvalue weighted by molar-refractivity contribution is 0.0955. The number of carbonyl (C=O) groups is 1. The van der Waals surface area contributed by atoms with Crippen LogP contribution in [-0.4, -0.2) is 26.9 Å². The predicted octanol–water partition coefficient (Wildman–Crippen LogP) is 1.43. The molecule has 6 heteroatoms. The van der Waals surface area contributed by atoms with Crippen molar-refractivity contribution in [1.29, 1.82) is 0 Å². The Morgan fingerprint density at radius 2 is 1.95 bits per heavy atom. The lowest BCUT2D eigenvalue weighted by atomic mass is 10.1. The highest BCUT2D eigenvalue weighted by Crippen LogP contribution is 2.16. The van der Waals surface area contributed by atoms with Gasteiger partial charge < -0.3 is 5.32 Å². The summed E-state index contributed by atoms with van der Waals surface area (Å²) in [4.78, 5) is 11.9. The molecule has 0 aliphatic carbocycles. The highest BCUT2D eigenvalue weighted by atomic mass is 32.2. The first-order valence-corrected chi connectivity index (χ1v) is 7.67. The van der Waals surface area contributed by atoms with E-state index in [1.54, 1.807) is 26.8 Å². The predicted molar refractivity (Wildman–Crippen MR) is 74.6 cm³/mol. The second-order valence-electron chi connectivity index (χ2n) is 4.61. The fourth-order valence-corrected chi connectivity index (χ4v) is 2.92. The van der Waals surface area contributed by atoms with Crippen LogP contribution >= 0.6 is 0 Å². The van der Waals surface area contributed by atoms with Crippen LogP contribution in [0.1, 0.15) is 36.7 Å². The zero-order valence-electron chi connectivity index (χ0n) is 11.6. The molecule has 0 aromatic heterocycles. The lowest BCUT2D eigenvalue weighted by Crippen LogP contribution is -2.30. The van der Waals surface area contributed by atoms with Gasteiger partial charge in [0.1, 0.15) is 0 Å². The third-order valence-electron chi connectivity index (χ3n) is 2.49. The average Bonchev–Trinajstić information content (AvgIpc) is 2.27. The van der Waals surface area contributed by atoms with Gasteiger partial charge in [-0.1, -0.05) is 6.07 Å². The molecule has 1 aromatic carbocycles. The summed E-state index contributed by atoms with van der Waals surface area (Å²) >= 11 is 0. The van der Waals surface area contributed by atoms with E-state index >= 15 is 0 Å². The zero-order valence-corrected chi connectivity index (χ0v) is 12.5. The van der Waals surface area contributed by atoms with Crippen molar-refractivity contribution in [2.24, 2.45) is 0 Å². The maximum atomic E-state index is 12.0. The summed E-state index contributed by atoms with van der Waals surface area (Å²) in [6.45, 7) is 7.58. The van der Waals surface area contributed by atoms with Crippen LogP contribution in [0.15, 0.2) is 23.1 Å². The van der Waals surface area contributed by atoms with Gasteiger partial charge in [0.25, 0.3) is 5.91 Å². The summed E-state index contributed by atoms with van der Waals surface area (Å²) in [5, 5.41) is 2.67. The van der Waals surface area contributed by atoms with Crippen molar-refractivity contribution in [2.45, 2.75) is 38.6 Å². The van der Waals surface area contributed by atoms with Gasteiger partial charge in [0, 0.05) is 18.2 Å². The van der Waals surface area contributed by atoms with Crippen LogP contribution < -0.4 is 10.0 Å². The number of sulfonamides is 1. The smallest absolute Gasteiger partial charge is 0.251 e. The van der Waals surface area contributed by atoms with Crippen LogP contribution in [0.3, 0.4) is 0 Å². The molecule has 0 heterocycles. The molecule has 0 unspecified atom stereocenters. The highest BCUT2D eigenvalue weighted by molar-refractivity contribution is 7.89. The Kier molecular flexibility index (Phi) is 5.08. The number of hydrogen-bond acceptors (Lipinski definition) is 3. The van der Waals surface area contributed by atoms with Crippen LogP contribution in [0.5, 0.6) is 0 Å². The topological polar surface area (TPSA) is 75.3 Å². The van der Waals surface area contributed by atoms with Gasteiger partial charge in [0.2, 0.25) is 10.0 Å². The maximum absolute atomic E-state index is 12.0. The minimum Gasteiger partial charge on any atom is -0.352 e. The van der Waals surface area contributed by atoms with Crippen LogP contribution in [0.2, 0.25) is 0 Å². The number of carbonyl (C=O) groups excluding carboxylic acids is 1. The molecule has 1 rings (SSSR count). The summed E-state index contributed by atoms with van der Waals surface area (Å²) < 4.78 is 26.6. The van der Waals surface area contributed by atoms with Gasteiger partial charge in [0.15, 0.2) is 0 Å². The van der Waals surface area contributed by atoms with Gasteiger partial charge >= 0.3 is 0 Å². The molecule has 0 bridgehead atoms. The summed E-state index contributed by atoms with van der Waals surface area (Å²) in [6.07, 6.45) is 0. The summed E-state index contributed by atoms with van der Waals surface area (Å²) in [7, 11) is -3.58. The minimum atomic E-state index is -3.58. The molecule has 0 radical (unpaired) electrons. The Bertz CT molecular complexity index is 565.